The van der Waals surface area contributed by atoms with E-state index in [1.807, 2.05) is 0 Å². The molecule has 0 aromatic rings. The predicted octanol–water partition coefficient (Wildman–Crippen LogP) is -0.557. The molecule has 0 rings (SSSR count). The molecule has 0 atom stereocenters. The number of carbonyl (C=O) groups is 1. The molecule has 8 heavy (non-hydrogen) atoms. The Bertz CT molecular complexity index is 81.4. The van der Waals surface area contributed by atoms with Gasteiger partial charge in [0.1, 0.15) is 6.61 Å². The van der Waals surface area contributed by atoms with Crippen molar-refractivity contribution in [2.75, 3.05) is 6.61 Å². The summed E-state index contributed by atoms with van der Waals surface area (Å²) in [6.45, 7) is 3.49. The van der Waals surface area contributed by atoms with E-state index in [1.165, 1.54) is 6.08 Å². The van der Waals surface area contributed by atoms with Crippen molar-refractivity contribution in [2.24, 2.45) is 5.73 Å². The first-order valence-corrected chi connectivity index (χ1v) is 1.80. The molecule has 0 radical (unpaired) electrons. The second-order valence-corrected chi connectivity index (χ2v) is 0.919. The van der Waals surface area contributed by atoms with Gasteiger partial charge >= 0.3 is 6.09 Å². The number of nitrogens with two attached hydrogens (primary N) is 1. The molecule has 1 amide bonds. The van der Waals surface area contributed by atoms with Gasteiger partial charge in [-0.3, -0.25) is 0 Å². The number of carbonyl (C=O) groups excluding carboxylic acids is 1. The molecule has 48 valence electrons. The minimum Gasteiger partial charge on any atom is -0.445 e. The maximum absolute atomic E-state index is 9.71. The lowest BCUT2D eigenvalue weighted by atomic mass is 10.7. The van der Waals surface area contributed by atoms with Crippen LogP contribution in [0.25, 0.3) is 0 Å². The van der Waals surface area contributed by atoms with Gasteiger partial charge in [0.25, 0.3) is 0 Å². The van der Waals surface area contributed by atoms with Gasteiger partial charge in [-0.25, -0.2) is 4.79 Å². The first kappa shape index (κ1) is 10.1. The topological polar surface area (TPSA) is 83.8 Å². The molecule has 0 fully saturated rings. The average molecular weight is 119 g/mol. The third kappa shape index (κ3) is 8.88. The average Bonchev–Trinajstić information content (AvgIpc) is 1.61. The quantitative estimate of drug-likeness (QED) is 0.494. The maximum atomic E-state index is 9.71. The molecule has 0 aliphatic carbocycles. The Hall–Kier alpha value is -1.03. The van der Waals surface area contributed by atoms with Crippen molar-refractivity contribution in [1.29, 1.82) is 0 Å². The highest BCUT2D eigenvalue weighted by molar-refractivity contribution is 5.64. The van der Waals surface area contributed by atoms with Crippen molar-refractivity contribution < 1.29 is 15.0 Å². The normalized spacial score (nSPS) is 6.50. The van der Waals surface area contributed by atoms with E-state index in [0.29, 0.717) is 0 Å². The molecular weight excluding hydrogens is 110 g/mol. The van der Waals surface area contributed by atoms with Gasteiger partial charge in [-0.15, -0.1) is 0 Å². The Morgan fingerprint density at radius 2 is 2.38 bits per heavy atom. The largest absolute Gasteiger partial charge is 0.445 e. The van der Waals surface area contributed by atoms with Crippen LogP contribution < -0.4 is 5.73 Å². The molecular formula is C4H9NO3. The monoisotopic (exact) mass is 119 g/mol. The van der Waals surface area contributed by atoms with Crippen LogP contribution in [0.4, 0.5) is 4.79 Å². The van der Waals surface area contributed by atoms with Gasteiger partial charge in [0, 0.05) is 0 Å². The fourth-order valence-corrected chi connectivity index (χ4v) is 0.141. The summed E-state index contributed by atoms with van der Waals surface area (Å²) in [6.07, 6.45) is 0.685. The van der Waals surface area contributed by atoms with E-state index in [9.17, 15) is 4.79 Å². The first-order valence-electron chi connectivity index (χ1n) is 1.80. The Balaban J connectivity index is 0. The van der Waals surface area contributed by atoms with Gasteiger partial charge < -0.3 is 15.9 Å². The van der Waals surface area contributed by atoms with Crippen molar-refractivity contribution in [2.45, 2.75) is 0 Å². The minimum atomic E-state index is -0.764. The molecule has 0 saturated carbocycles. The highest BCUT2D eigenvalue weighted by Crippen LogP contribution is 1.70. The fraction of sp³-hybridized carbons (Fsp3) is 0.250. The second-order valence-electron chi connectivity index (χ2n) is 0.919. The van der Waals surface area contributed by atoms with Gasteiger partial charge in [0.05, 0.1) is 0 Å². The van der Waals surface area contributed by atoms with E-state index in [4.69, 9.17) is 0 Å². The lowest BCUT2D eigenvalue weighted by molar-refractivity contribution is 0.169. The van der Waals surface area contributed by atoms with Crippen LogP contribution in [-0.4, -0.2) is 18.2 Å². The Labute approximate surface area is 47.2 Å². The Kier molecular flexibility index (Phi) is 7.51. The van der Waals surface area contributed by atoms with E-state index in [2.05, 4.69) is 17.0 Å². The zero-order valence-electron chi connectivity index (χ0n) is 4.39. The highest BCUT2D eigenvalue weighted by Gasteiger charge is 1.84. The molecule has 4 N–H and O–H groups in total. The van der Waals surface area contributed by atoms with E-state index in [1.54, 1.807) is 0 Å². The number of hydrogen-bond donors (Lipinski definition) is 1. The van der Waals surface area contributed by atoms with Gasteiger partial charge in [-0.2, -0.15) is 0 Å². The van der Waals surface area contributed by atoms with Crippen LogP contribution in [0.3, 0.4) is 0 Å². The summed E-state index contributed by atoms with van der Waals surface area (Å²) in [7, 11) is 0. The van der Waals surface area contributed by atoms with Gasteiger partial charge in [0.15, 0.2) is 0 Å². The van der Waals surface area contributed by atoms with E-state index in [0.717, 1.165) is 0 Å². The summed E-state index contributed by atoms with van der Waals surface area (Å²) in [4.78, 5) is 9.71. The minimum absolute atomic E-state index is 0. The van der Waals surface area contributed by atoms with Crippen LogP contribution in [0.5, 0.6) is 0 Å². The summed E-state index contributed by atoms with van der Waals surface area (Å²) in [6, 6.07) is 0. The number of ether oxygens (including phenoxy) is 1. The lowest BCUT2D eigenvalue weighted by Crippen LogP contribution is -2.12. The summed E-state index contributed by atoms with van der Waals surface area (Å²) < 4.78 is 4.21. The second kappa shape index (κ2) is 5.97. The molecule has 0 saturated heterocycles. The van der Waals surface area contributed by atoms with Crippen LogP contribution in [0.2, 0.25) is 0 Å². The van der Waals surface area contributed by atoms with Crippen LogP contribution in [0.15, 0.2) is 12.7 Å². The molecule has 0 spiro atoms. The molecule has 0 aromatic heterocycles. The molecule has 0 heterocycles. The van der Waals surface area contributed by atoms with Crippen LogP contribution in [0.1, 0.15) is 0 Å². The van der Waals surface area contributed by atoms with Crippen molar-refractivity contribution in [3.63, 3.8) is 0 Å². The number of primary amides is 1. The van der Waals surface area contributed by atoms with Crippen LogP contribution in [0, 0.1) is 0 Å². The molecule has 0 aliphatic rings. The molecule has 4 heteroatoms. The standard InChI is InChI=1S/C4H7NO2.H2O/c1-2-3-7-4(5)6;/h2H,1,3H2,(H2,5,6);1H2. The number of hydrogen-bond acceptors (Lipinski definition) is 2. The third-order valence-corrected chi connectivity index (χ3v) is 0.343. The van der Waals surface area contributed by atoms with Crippen molar-refractivity contribution in [3.05, 3.63) is 12.7 Å². The smallest absolute Gasteiger partial charge is 0.404 e. The molecule has 0 aromatic carbocycles. The molecule has 4 nitrogen and oxygen atoms in total. The van der Waals surface area contributed by atoms with Crippen molar-refractivity contribution >= 4 is 6.09 Å². The lowest BCUT2D eigenvalue weighted by Gasteiger charge is -1.90. The summed E-state index contributed by atoms with van der Waals surface area (Å²) >= 11 is 0. The van der Waals surface area contributed by atoms with E-state index < -0.39 is 6.09 Å². The van der Waals surface area contributed by atoms with Crippen molar-refractivity contribution in [1.82, 2.24) is 0 Å². The highest BCUT2D eigenvalue weighted by atomic mass is 16.5. The maximum Gasteiger partial charge on any atom is 0.404 e. The molecule has 0 aliphatic heterocycles. The summed E-state index contributed by atoms with van der Waals surface area (Å²) in [5, 5.41) is 0. The summed E-state index contributed by atoms with van der Waals surface area (Å²) in [5.41, 5.74) is 4.57. The Morgan fingerprint density at radius 3 is 2.50 bits per heavy atom. The SMILES string of the molecule is C=CCOC(N)=O.O. The van der Waals surface area contributed by atoms with Gasteiger partial charge in [-0.05, 0) is 0 Å². The third-order valence-electron chi connectivity index (χ3n) is 0.343. The van der Waals surface area contributed by atoms with Crippen molar-refractivity contribution in [3.8, 4) is 0 Å². The van der Waals surface area contributed by atoms with E-state index in [-0.39, 0.29) is 12.1 Å². The number of amides is 1. The first-order chi connectivity index (χ1) is 3.27. The van der Waals surface area contributed by atoms with E-state index >= 15 is 0 Å². The van der Waals surface area contributed by atoms with Gasteiger partial charge in [-0.1, -0.05) is 12.7 Å². The van der Waals surface area contributed by atoms with Gasteiger partial charge in [0.2, 0.25) is 0 Å². The van der Waals surface area contributed by atoms with Crippen LogP contribution >= 0.6 is 0 Å². The molecule has 0 unspecified atom stereocenters. The zero-order chi connectivity index (χ0) is 5.70. The Morgan fingerprint density at radius 1 is 1.88 bits per heavy atom. The number of rotatable bonds is 2. The zero-order valence-corrected chi connectivity index (χ0v) is 4.39. The predicted molar refractivity (Wildman–Crippen MR) is 29.3 cm³/mol. The summed E-state index contributed by atoms with van der Waals surface area (Å²) in [5.74, 6) is 0. The fourth-order valence-electron chi connectivity index (χ4n) is 0.141. The molecule has 0 bridgehead atoms. The van der Waals surface area contributed by atoms with Crippen LogP contribution in [-0.2, 0) is 4.74 Å².